The van der Waals surface area contributed by atoms with Crippen molar-refractivity contribution in [2.24, 2.45) is 16.3 Å². The van der Waals surface area contributed by atoms with Gasteiger partial charge in [0.15, 0.2) is 16.1 Å². The lowest BCUT2D eigenvalue weighted by Crippen LogP contribution is -2.40. The Balaban J connectivity index is 3.14. The number of rotatable bonds is 7. The fourth-order valence-electron chi connectivity index (χ4n) is 2.58. The summed E-state index contributed by atoms with van der Waals surface area (Å²) in [5.41, 5.74) is 5.35. The first kappa shape index (κ1) is 20.8. The Morgan fingerprint density at radius 1 is 1.48 bits per heavy atom. The summed E-state index contributed by atoms with van der Waals surface area (Å²) in [6.45, 7) is 4.95. The minimum Gasteiger partial charge on any atom is -0.469 e. The molecule has 1 aliphatic heterocycles. The van der Waals surface area contributed by atoms with E-state index in [-0.39, 0.29) is 31.0 Å². The number of thiocarbonyl (C=S) groups is 1. The zero-order valence-electron chi connectivity index (χ0n) is 14.7. The van der Waals surface area contributed by atoms with Crippen molar-refractivity contribution in [1.82, 2.24) is 5.43 Å². The Labute approximate surface area is 151 Å². The molecule has 3 N–H and O–H groups in total. The standard InChI is InChI=1S/C15H23N3O6S/c1-5-23-11(20)15(7-6-10(19)22-4)8-14(3,24-12(15)21)9(2)17-18-13(16)25/h5-8H2,1-4H3,(H3,16,18,25)/b17-9-/t14-,15+/m0/s1. The highest BCUT2D eigenvalue weighted by Gasteiger charge is 2.61. The van der Waals surface area contributed by atoms with Gasteiger partial charge < -0.3 is 19.9 Å². The Kier molecular flexibility index (Phi) is 6.86. The Morgan fingerprint density at radius 3 is 2.64 bits per heavy atom. The van der Waals surface area contributed by atoms with Gasteiger partial charge in [0.05, 0.1) is 19.4 Å². The molecule has 0 bridgehead atoms. The predicted molar refractivity (Wildman–Crippen MR) is 92.5 cm³/mol. The van der Waals surface area contributed by atoms with Crippen LogP contribution in [0.3, 0.4) is 0 Å². The average molecular weight is 373 g/mol. The number of nitrogens with one attached hydrogen (secondary N) is 1. The predicted octanol–water partition coefficient (Wildman–Crippen LogP) is 0.404. The second kappa shape index (κ2) is 8.24. The summed E-state index contributed by atoms with van der Waals surface area (Å²) in [4.78, 5) is 36.5. The van der Waals surface area contributed by atoms with Crippen LogP contribution in [0.2, 0.25) is 0 Å². The van der Waals surface area contributed by atoms with E-state index in [0.29, 0.717) is 5.71 Å². The molecular formula is C15H23N3O6S. The van der Waals surface area contributed by atoms with Crippen LogP contribution in [0.1, 0.15) is 40.0 Å². The minimum atomic E-state index is -1.60. The molecule has 0 saturated carbocycles. The van der Waals surface area contributed by atoms with E-state index in [0.717, 1.165) is 0 Å². The number of methoxy groups -OCH3 is 1. The Hall–Kier alpha value is -2.23. The first-order valence-electron chi connectivity index (χ1n) is 7.69. The molecule has 2 atom stereocenters. The van der Waals surface area contributed by atoms with Crippen molar-refractivity contribution < 1.29 is 28.6 Å². The largest absolute Gasteiger partial charge is 0.469 e. The van der Waals surface area contributed by atoms with Crippen molar-refractivity contribution >= 4 is 40.9 Å². The van der Waals surface area contributed by atoms with Crippen LogP contribution in [0, 0.1) is 5.41 Å². The first-order chi connectivity index (χ1) is 11.6. The van der Waals surface area contributed by atoms with E-state index in [1.54, 1.807) is 20.8 Å². The number of esters is 3. The summed E-state index contributed by atoms with van der Waals surface area (Å²) in [6.07, 6.45) is -0.228. The summed E-state index contributed by atoms with van der Waals surface area (Å²) in [7, 11) is 1.23. The number of nitrogens with zero attached hydrogens (tertiary/aromatic N) is 1. The van der Waals surface area contributed by atoms with Crippen molar-refractivity contribution in [2.45, 2.75) is 45.6 Å². The molecule has 0 aromatic rings. The van der Waals surface area contributed by atoms with Crippen LogP contribution in [0.25, 0.3) is 0 Å². The SMILES string of the molecule is CCOC(=O)[C@@]1(CCC(=O)OC)C[C@@](C)(/C(C)=N\NC(N)=S)OC1=O. The molecule has 25 heavy (non-hydrogen) atoms. The molecule has 0 aromatic carbocycles. The number of carbonyl (C=O) groups is 3. The number of cyclic esters (lactones) is 1. The van der Waals surface area contributed by atoms with Gasteiger partial charge in [0, 0.05) is 12.8 Å². The number of ether oxygens (including phenoxy) is 3. The Bertz CT molecular complexity index is 608. The zero-order valence-corrected chi connectivity index (χ0v) is 15.5. The van der Waals surface area contributed by atoms with Crippen LogP contribution >= 0.6 is 12.2 Å². The lowest BCUT2D eigenvalue weighted by Gasteiger charge is -2.25. The second-order valence-electron chi connectivity index (χ2n) is 5.85. The van der Waals surface area contributed by atoms with E-state index in [1.165, 1.54) is 7.11 Å². The maximum absolute atomic E-state index is 12.6. The highest BCUT2D eigenvalue weighted by molar-refractivity contribution is 7.80. The number of hydrazone groups is 1. The van der Waals surface area contributed by atoms with Crippen molar-refractivity contribution in [2.75, 3.05) is 13.7 Å². The smallest absolute Gasteiger partial charge is 0.324 e. The van der Waals surface area contributed by atoms with Crippen LogP contribution < -0.4 is 11.2 Å². The number of hydrogen-bond acceptors (Lipinski definition) is 8. The van der Waals surface area contributed by atoms with Gasteiger partial charge in [-0.25, -0.2) is 0 Å². The quantitative estimate of drug-likeness (QED) is 0.163. The van der Waals surface area contributed by atoms with Gasteiger partial charge in [0.2, 0.25) is 0 Å². The van der Waals surface area contributed by atoms with E-state index >= 15 is 0 Å². The first-order valence-corrected chi connectivity index (χ1v) is 8.10. The molecule has 0 aliphatic carbocycles. The number of carbonyl (C=O) groups excluding carboxylic acids is 3. The van der Waals surface area contributed by atoms with Crippen molar-refractivity contribution in [3.63, 3.8) is 0 Å². The van der Waals surface area contributed by atoms with Crippen molar-refractivity contribution in [3.8, 4) is 0 Å². The topological polar surface area (TPSA) is 129 Å². The fourth-order valence-corrected chi connectivity index (χ4v) is 2.63. The molecule has 0 amide bonds. The van der Waals surface area contributed by atoms with Gasteiger partial charge in [-0.3, -0.25) is 19.8 Å². The molecule has 140 valence electrons. The third kappa shape index (κ3) is 4.65. The van der Waals surface area contributed by atoms with Gasteiger partial charge in [0.25, 0.3) is 0 Å². The Morgan fingerprint density at radius 2 is 2.12 bits per heavy atom. The third-order valence-electron chi connectivity index (χ3n) is 4.10. The van der Waals surface area contributed by atoms with Gasteiger partial charge in [-0.1, -0.05) is 0 Å². The van der Waals surface area contributed by atoms with Crippen LogP contribution in [-0.4, -0.2) is 48.0 Å². The molecule has 1 heterocycles. The van der Waals surface area contributed by atoms with Crippen molar-refractivity contribution in [1.29, 1.82) is 0 Å². The molecule has 0 unspecified atom stereocenters. The maximum Gasteiger partial charge on any atom is 0.324 e. The van der Waals surface area contributed by atoms with Gasteiger partial charge in [0.1, 0.15) is 0 Å². The second-order valence-corrected chi connectivity index (χ2v) is 6.29. The van der Waals surface area contributed by atoms with Gasteiger partial charge >= 0.3 is 17.9 Å². The molecule has 0 spiro atoms. The summed E-state index contributed by atoms with van der Waals surface area (Å²) >= 11 is 4.68. The summed E-state index contributed by atoms with van der Waals surface area (Å²) < 4.78 is 15.1. The normalized spacial score (nSPS) is 25.9. The molecule has 10 heteroatoms. The molecule has 1 fully saturated rings. The lowest BCUT2D eigenvalue weighted by molar-refractivity contribution is -0.166. The monoisotopic (exact) mass is 373 g/mol. The molecule has 1 saturated heterocycles. The van der Waals surface area contributed by atoms with Crippen LogP contribution in [0.15, 0.2) is 5.10 Å². The zero-order chi connectivity index (χ0) is 19.3. The van der Waals surface area contributed by atoms with E-state index in [1.807, 2.05) is 0 Å². The molecule has 1 rings (SSSR count). The van der Waals surface area contributed by atoms with Crippen molar-refractivity contribution in [3.05, 3.63) is 0 Å². The van der Waals surface area contributed by atoms with Gasteiger partial charge in [-0.15, -0.1) is 0 Å². The lowest BCUT2D eigenvalue weighted by atomic mass is 9.76. The van der Waals surface area contributed by atoms with Crippen LogP contribution in [-0.2, 0) is 28.6 Å². The van der Waals surface area contributed by atoms with E-state index in [2.05, 4.69) is 27.5 Å². The molecule has 1 aliphatic rings. The minimum absolute atomic E-state index is 0.0248. The fraction of sp³-hybridized carbons (Fsp3) is 0.667. The number of hydrogen-bond donors (Lipinski definition) is 2. The molecular weight excluding hydrogens is 350 g/mol. The highest BCUT2D eigenvalue weighted by Crippen LogP contribution is 2.45. The third-order valence-corrected chi connectivity index (χ3v) is 4.19. The highest BCUT2D eigenvalue weighted by atomic mass is 32.1. The van der Waals surface area contributed by atoms with E-state index in [4.69, 9.17) is 15.2 Å². The van der Waals surface area contributed by atoms with Crippen LogP contribution in [0.4, 0.5) is 0 Å². The van der Waals surface area contributed by atoms with Crippen LogP contribution in [0.5, 0.6) is 0 Å². The van der Waals surface area contributed by atoms with Gasteiger partial charge in [-0.2, -0.15) is 5.10 Å². The average Bonchev–Trinajstić information content (AvgIpc) is 2.83. The molecule has 0 aromatic heterocycles. The van der Waals surface area contributed by atoms with E-state index in [9.17, 15) is 14.4 Å². The van der Waals surface area contributed by atoms with E-state index < -0.39 is 28.9 Å². The number of nitrogens with two attached hydrogens (primary N) is 1. The summed E-state index contributed by atoms with van der Waals surface area (Å²) in [5, 5.41) is 3.93. The van der Waals surface area contributed by atoms with Gasteiger partial charge in [-0.05, 0) is 39.4 Å². The molecule has 0 radical (unpaired) electrons. The maximum atomic E-state index is 12.6. The summed E-state index contributed by atoms with van der Waals surface area (Å²) in [5.74, 6) is -2.03. The molecule has 9 nitrogen and oxygen atoms in total. The summed E-state index contributed by atoms with van der Waals surface area (Å²) in [6, 6.07) is 0.